The van der Waals surface area contributed by atoms with Crippen molar-refractivity contribution in [2.45, 2.75) is 60.4 Å². The fraction of sp³-hybridized carbons (Fsp3) is 0.476. The molecule has 0 aliphatic rings. The minimum Gasteiger partial charge on any atom is -0.501 e. The first-order valence-corrected chi connectivity index (χ1v) is 8.96. The summed E-state index contributed by atoms with van der Waals surface area (Å²) in [6, 6.07) is 4.38. The zero-order chi connectivity index (χ0) is 17.5. The highest BCUT2D eigenvalue weighted by molar-refractivity contribution is 5.72. The fourth-order valence-corrected chi connectivity index (χ4v) is 2.68. The van der Waals surface area contributed by atoms with E-state index in [1.165, 1.54) is 29.5 Å². The summed E-state index contributed by atoms with van der Waals surface area (Å²) in [4.78, 5) is 0. The predicted molar refractivity (Wildman–Crippen MR) is 99.8 cm³/mol. The van der Waals surface area contributed by atoms with Gasteiger partial charge in [0.05, 0.1) is 18.9 Å². The van der Waals surface area contributed by atoms with Crippen LogP contribution in [0.4, 0.5) is 0 Å². The normalized spacial score (nSPS) is 12.5. The average Bonchev–Trinajstić information content (AvgIpc) is 2.88. The van der Waals surface area contributed by atoms with E-state index in [0.717, 1.165) is 30.0 Å². The van der Waals surface area contributed by atoms with Crippen molar-refractivity contribution >= 4 is 17.2 Å². The van der Waals surface area contributed by atoms with E-state index in [-0.39, 0.29) is 0 Å². The highest BCUT2D eigenvalue weighted by Gasteiger charge is 2.21. The smallest absolute Gasteiger partial charge is 0.374 e. The monoisotopic (exact) mass is 328 g/mol. The van der Waals surface area contributed by atoms with Gasteiger partial charge in [0.15, 0.2) is 6.54 Å². The number of ether oxygens (including phenoxy) is 1. The third-order valence-corrected chi connectivity index (χ3v) is 4.26. The van der Waals surface area contributed by atoms with E-state index in [4.69, 9.17) is 9.15 Å². The Morgan fingerprint density at radius 1 is 1.17 bits per heavy atom. The van der Waals surface area contributed by atoms with E-state index >= 15 is 0 Å². The number of unbranched alkanes of at least 4 members (excludes halogenated alkanes) is 2. The summed E-state index contributed by atoms with van der Waals surface area (Å²) in [5.74, 6) is 0.898. The second kappa shape index (κ2) is 8.72. The van der Waals surface area contributed by atoms with E-state index in [1.54, 1.807) is 6.26 Å². The molecule has 0 aliphatic carbocycles. The van der Waals surface area contributed by atoms with Gasteiger partial charge in [-0.05, 0) is 63.0 Å². The molecule has 0 spiro atoms. The standard InChI is InChI=1S/C21H30NO2/c1-6-8-9-12-22-19-13-17(4)18(5)14-20(19)24-21(22)11-10-16(3)15-23-7-2/h10-11,13-15H,6-9,12H2,1-5H3/q+1. The van der Waals surface area contributed by atoms with Crippen LogP contribution in [0.5, 0.6) is 0 Å². The van der Waals surface area contributed by atoms with E-state index < -0.39 is 0 Å². The number of aromatic nitrogens is 1. The molecule has 0 aliphatic heterocycles. The molecule has 0 saturated heterocycles. The van der Waals surface area contributed by atoms with Gasteiger partial charge in [-0.15, -0.1) is 0 Å². The largest absolute Gasteiger partial charge is 0.501 e. The van der Waals surface area contributed by atoms with Crippen LogP contribution in [0.2, 0.25) is 0 Å². The van der Waals surface area contributed by atoms with Crippen LogP contribution in [-0.2, 0) is 11.3 Å². The second-order valence-corrected chi connectivity index (χ2v) is 6.35. The molecular formula is C21H30NO2+. The van der Waals surface area contributed by atoms with Gasteiger partial charge in [0, 0.05) is 12.5 Å². The zero-order valence-corrected chi connectivity index (χ0v) is 15.7. The molecular weight excluding hydrogens is 298 g/mol. The van der Waals surface area contributed by atoms with Crippen molar-refractivity contribution in [3.63, 3.8) is 0 Å². The molecule has 24 heavy (non-hydrogen) atoms. The van der Waals surface area contributed by atoms with Gasteiger partial charge >= 0.3 is 5.89 Å². The molecule has 3 nitrogen and oxygen atoms in total. The SMILES string of the molecule is CCCCC[n+]1c(C=CC(C)=COCC)oc2cc(C)c(C)cc21. The van der Waals surface area contributed by atoms with Gasteiger partial charge in [-0.1, -0.05) is 13.3 Å². The van der Waals surface area contributed by atoms with Gasteiger partial charge in [0.1, 0.15) is 0 Å². The van der Waals surface area contributed by atoms with Crippen LogP contribution in [0.25, 0.3) is 17.2 Å². The minimum absolute atomic E-state index is 0.686. The lowest BCUT2D eigenvalue weighted by atomic mass is 10.1. The Hall–Kier alpha value is -2.03. The number of nitrogens with zero attached hydrogens (tertiary/aromatic N) is 1. The van der Waals surface area contributed by atoms with Crippen LogP contribution < -0.4 is 4.57 Å². The molecule has 3 heteroatoms. The van der Waals surface area contributed by atoms with Crippen LogP contribution in [0.3, 0.4) is 0 Å². The molecule has 2 aromatic rings. The number of aryl methyl sites for hydroxylation is 3. The highest BCUT2D eigenvalue weighted by atomic mass is 16.5. The number of hydrogen-bond donors (Lipinski definition) is 0. The lowest BCUT2D eigenvalue weighted by Gasteiger charge is -1.98. The predicted octanol–water partition coefficient (Wildman–Crippen LogP) is 5.48. The lowest BCUT2D eigenvalue weighted by molar-refractivity contribution is -0.678. The van der Waals surface area contributed by atoms with Crippen LogP contribution in [-0.4, -0.2) is 6.61 Å². The fourth-order valence-electron chi connectivity index (χ4n) is 2.68. The van der Waals surface area contributed by atoms with Crippen molar-refractivity contribution in [1.29, 1.82) is 0 Å². The summed E-state index contributed by atoms with van der Waals surface area (Å²) in [7, 11) is 0. The molecule has 0 radical (unpaired) electrons. The van der Waals surface area contributed by atoms with Crippen LogP contribution >= 0.6 is 0 Å². The number of hydrogen-bond acceptors (Lipinski definition) is 2. The van der Waals surface area contributed by atoms with Crippen molar-refractivity contribution in [2.75, 3.05) is 6.61 Å². The Morgan fingerprint density at radius 3 is 2.62 bits per heavy atom. The molecule has 0 fully saturated rings. The molecule has 130 valence electrons. The Balaban J connectivity index is 2.39. The Labute approximate surface area is 145 Å². The highest BCUT2D eigenvalue weighted by Crippen LogP contribution is 2.20. The first kappa shape index (κ1) is 18.3. The Kier molecular flexibility index (Phi) is 6.65. The first-order chi connectivity index (χ1) is 11.6. The molecule has 0 saturated carbocycles. The van der Waals surface area contributed by atoms with Gasteiger partial charge in [0.2, 0.25) is 5.58 Å². The third-order valence-electron chi connectivity index (χ3n) is 4.26. The Bertz CT molecular complexity index is 738. The van der Waals surface area contributed by atoms with E-state index in [9.17, 15) is 0 Å². The van der Waals surface area contributed by atoms with Gasteiger partial charge in [-0.3, -0.25) is 0 Å². The quantitative estimate of drug-likeness (QED) is 0.277. The first-order valence-electron chi connectivity index (χ1n) is 8.96. The summed E-state index contributed by atoms with van der Waals surface area (Å²) < 4.78 is 13.8. The molecule has 0 N–H and O–H groups in total. The summed E-state index contributed by atoms with van der Waals surface area (Å²) >= 11 is 0. The number of benzene rings is 1. The van der Waals surface area contributed by atoms with E-state index in [2.05, 4.69) is 37.5 Å². The van der Waals surface area contributed by atoms with Gasteiger partial charge in [-0.2, -0.15) is 4.57 Å². The summed E-state index contributed by atoms with van der Waals surface area (Å²) in [6.07, 6.45) is 9.49. The maximum Gasteiger partial charge on any atom is 0.374 e. The minimum atomic E-state index is 0.686. The maximum atomic E-state index is 6.13. The molecule has 0 bridgehead atoms. The van der Waals surface area contributed by atoms with Crippen molar-refractivity contribution in [2.24, 2.45) is 0 Å². The second-order valence-electron chi connectivity index (χ2n) is 6.35. The van der Waals surface area contributed by atoms with Crippen LogP contribution in [0.15, 0.2) is 34.5 Å². The molecule has 0 unspecified atom stereocenters. The molecule has 1 heterocycles. The third kappa shape index (κ3) is 4.50. The van der Waals surface area contributed by atoms with Crippen molar-refractivity contribution in [3.05, 3.63) is 47.1 Å². The molecule has 0 atom stereocenters. The summed E-state index contributed by atoms with van der Waals surface area (Å²) in [5, 5.41) is 0. The van der Waals surface area contributed by atoms with Gasteiger partial charge in [0.25, 0.3) is 5.52 Å². The van der Waals surface area contributed by atoms with Crippen molar-refractivity contribution in [3.8, 4) is 0 Å². The Morgan fingerprint density at radius 2 is 1.92 bits per heavy atom. The van der Waals surface area contributed by atoms with Crippen molar-refractivity contribution < 1.29 is 13.7 Å². The molecule has 2 rings (SSSR count). The summed E-state index contributed by atoms with van der Waals surface area (Å²) in [6.45, 7) is 12.2. The zero-order valence-electron chi connectivity index (χ0n) is 15.7. The lowest BCUT2D eigenvalue weighted by Crippen LogP contribution is -2.35. The van der Waals surface area contributed by atoms with E-state index in [0.29, 0.717) is 6.61 Å². The molecule has 1 aromatic heterocycles. The molecule has 1 aromatic carbocycles. The average molecular weight is 328 g/mol. The number of fused-ring (bicyclic) bond motifs is 1. The van der Waals surface area contributed by atoms with Gasteiger partial charge < -0.3 is 9.15 Å². The number of allylic oxidation sites excluding steroid dienone is 2. The molecule has 0 amide bonds. The number of rotatable bonds is 8. The van der Waals surface area contributed by atoms with E-state index in [1.807, 2.05) is 26.0 Å². The van der Waals surface area contributed by atoms with Crippen LogP contribution in [0.1, 0.15) is 57.1 Å². The van der Waals surface area contributed by atoms with Crippen LogP contribution in [0, 0.1) is 13.8 Å². The summed E-state index contributed by atoms with van der Waals surface area (Å²) in [5.41, 5.74) is 5.78. The van der Waals surface area contributed by atoms with Crippen molar-refractivity contribution in [1.82, 2.24) is 0 Å². The number of oxazole rings is 1. The topological polar surface area (TPSA) is 26.2 Å². The maximum absolute atomic E-state index is 6.13. The van der Waals surface area contributed by atoms with Gasteiger partial charge in [-0.25, -0.2) is 0 Å².